The van der Waals surface area contributed by atoms with E-state index in [-0.39, 0.29) is 35.1 Å². The minimum Gasteiger partial charge on any atom is -0.351 e. The molecule has 1 aliphatic carbocycles. The van der Waals surface area contributed by atoms with Gasteiger partial charge in [0.25, 0.3) is 0 Å². The zero-order valence-electron chi connectivity index (χ0n) is 16.4. The lowest BCUT2D eigenvalue weighted by Gasteiger charge is -2.24. The summed E-state index contributed by atoms with van der Waals surface area (Å²) in [6, 6.07) is 14.8. The molecule has 3 amide bonds. The van der Waals surface area contributed by atoms with E-state index in [9.17, 15) is 14.4 Å². The van der Waals surface area contributed by atoms with E-state index in [1.54, 1.807) is 0 Å². The first kappa shape index (κ1) is 22.4. The lowest BCUT2D eigenvalue weighted by atomic mass is 9.85. The summed E-state index contributed by atoms with van der Waals surface area (Å²) in [5, 5.41) is 8.58. The fourth-order valence-electron chi connectivity index (χ4n) is 2.93. The smallest absolute Gasteiger partial charge is 0.234 e. The van der Waals surface area contributed by atoms with Crippen molar-refractivity contribution in [3.63, 3.8) is 0 Å². The summed E-state index contributed by atoms with van der Waals surface area (Å²) in [6.45, 7) is 0.372. The quantitative estimate of drug-likeness (QED) is 0.493. The van der Waals surface area contributed by atoms with E-state index in [0.717, 1.165) is 35.0 Å². The van der Waals surface area contributed by atoms with E-state index in [4.69, 9.17) is 0 Å². The third-order valence-electron chi connectivity index (χ3n) is 4.73. The minimum absolute atomic E-state index is 0.0694. The maximum absolute atomic E-state index is 12.1. The molecule has 0 heterocycles. The maximum Gasteiger partial charge on any atom is 0.234 e. The van der Waals surface area contributed by atoms with Crippen molar-refractivity contribution in [1.29, 1.82) is 0 Å². The van der Waals surface area contributed by atoms with Crippen LogP contribution >= 0.6 is 27.7 Å². The van der Waals surface area contributed by atoms with E-state index in [1.807, 2.05) is 48.5 Å². The van der Waals surface area contributed by atoms with Crippen molar-refractivity contribution in [2.75, 3.05) is 22.1 Å². The molecule has 2 aromatic carbocycles. The van der Waals surface area contributed by atoms with Gasteiger partial charge in [0.1, 0.15) is 0 Å². The molecule has 0 atom stereocenters. The second-order valence-corrected chi connectivity index (χ2v) is 9.05. The van der Waals surface area contributed by atoms with E-state index >= 15 is 0 Å². The molecular weight excluding hydrogens is 466 g/mol. The third-order valence-corrected chi connectivity index (χ3v) is 6.16. The van der Waals surface area contributed by atoms with E-state index in [2.05, 4.69) is 31.9 Å². The molecule has 3 N–H and O–H groups in total. The van der Waals surface area contributed by atoms with Gasteiger partial charge in [-0.05, 0) is 48.7 Å². The minimum atomic E-state index is -0.152. The first-order valence-corrected chi connectivity index (χ1v) is 11.7. The van der Waals surface area contributed by atoms with E-state index in [0.29, 0.717) is 12.2 Å². The number of hydrogen-bond donors (Lipinski definition) is 3. The summed E-state index contributed by atoms with van der Waals surface area (Å²) < 4.78 is 0.888. The number of carbonyl (C=O) groups is 3. The van der Waals surface area contributed by atoms with Gasteiger partial charge >= 0.3 is 0 Å². The zero-order chi connectivity index (χ0) is 21.3. The number of amides is 3. The lowest BCUT2D eigenvalue weighted by Crippen LogP contribution is -2.28. The fraction of sp³-hybridized carbons (Fsp3) is 0.318. The van der Waals surface area contributed by atoms with E-state index in [1.165, 1.54) is 11.8 Å². The molecule has 1 aliphatic rings. The van der Waals surface area contributed by atoms with Crippen LogP contribution in [0.4, 0.5) is 11.4 Å². The normalized spacial score (nSPS) is 13.2. The average Bonchev–Trinajstić information content (AvgIpc) is 2.65. The molecule has 0 bridgehead atoms. The topological polar surface area (TPSA) is 87.3 Å². The van der Waals surface area contributed by atoms with Gasteiger partial charge in [-0.2, -0.15) is 0 Å². The van der Waals surface area contributed by atoms with Crippen molar-refractivity contribution in [3.8, 4) is 0 Å². The van der Waals surface area contributed by atoms with Crippen LogP contribution in [0.5, 0.6) is 0 Å². The van der Waals surface area contributed by atoms with Gasteiger partial charge in [-0.25, -0.2) is 0 Å². The maximum atomic E-state index is 12.1. The van der Waals surface area contributed by atoms with Crippen molar-refractivity contribution in [2.24, 2.45) is 5.92 Å². The Bertz CT molecular complexity index is 918. The number of benzene rings is 2. The Hall–Kier alpha value is -2.32. The lowest BCUT2D eigenvalue weighted by molar-refractivity contribution is -0.122. The first-order chi connectivity index (χ1) is 14.5. The number of rotatable bonds is 9. The fourth-order valence-corrected chi connectivity index (χ4v) is 3.97. The van der Waals surface area contributed by atoms with Gasteiger partial charge in [0.2, 0.25) is 17.7 Å². The summed E-state index contributed by atoms with van der Waals surface area (Å²) >= 11 is 4.62. The second kappa shape index (κ2) is 11.2. The van der Waals surface area contributed by atoms with Gasteiger partial charge in [0.15, 0.2) is 0 Å². The highest BCUT2D eigenvalue weighted by molar-refractivity contribution is 9.10. The Morgan fingerprint density at radius 1 is 0.933 bits per heavy atom. The van der Waals surface area contributed by atoms with Crippen LogP contribution in [0.3, 0.4) is 0 Å². The second-order valence-electron chi connectivity index (χ2n) is 7.15. The molecule has 1 saturated carbocycles. The molecule has 158 valence electrons. The van der Waals surface area contributed by atoms with Crippen LogP contribution in [0.1, 0.15) is 24.8 Å². The molecule has 0 spiro atoms. The number of hydrogen-bond acceptors (Lipinski definition) is 4. The van der Waals surface area contributed by atoms with Crippen molar-refractivity contribution in [3.05, 3.63) is 58.6 Å². The average molecular weight is 490 g/mol. The highest BCUT2D eigenvalue weighted by Crippen LogP contribution is 2.27. The van der Waals surface area contributed by atoms with Crippen molar-refractivity contribution >= 4 is 56.8 Å². The van der Waals surface area contributed by atoms with Crippen LogP contribution in [-0.2, 0) is 20.9 Å². The van der Waals surface area contributed by atoms with Crippen LogP contribution in [0.25, 0.3) is 0 Å². The van der Waals surface area contributed by atoms with Crippen LogP contribution < -0.4 is 16.0 Å². The van der Waals surface area contributed by atoms with Crippen LogP contribution in [-0.4, -0.2) is 29.2 Å². The number of thioether (sulfide) groups is 1. The highest BCUT2D eigenvalue weighted by atomic mass is 79.9. The molecule has 0 unspecified atom stereocenters. The molecule has 0 radical (unpaired) electrons. The predicted molar refractivity (Wildman–Crippen MR) is 124 cm³/mol. The number of nitrogens with one attached hydrogen (secondary N) is 3. The van der Waals surface area contributed by atoms with Crippen molar-refractivity contribution < 1.29 is 14.4 Å². The van der Waals surface area contributed by atoms with Crippen molar-refractivity contribution in [1.82, 2.24) is 5.32 Å². The van der Waals surface area contributed by atoms with Crippen LogP contribution in [0.15, 0.2) is 53.0 Å². The summed E-state index contributed by atoms with van der Waals surface area (Å²) in [7, 11) is 0. The molecule has 6 nitrogen and oxygen atoms in total. The number of carbonyl (C=O) groups excluding carboxylic acids is 3. The molecule has 0 aromatic heterocycles. The summed E-state index contributed by atoms with van der Waals surface area (Å²) in [6.07, 6.45) is 3.04. The van der Waals surface area contributed by atoms with Gasteiger partial charge in [-0.3, -0.25) is 14.4 Å². The Morgan fingerprint density at radius 3 is 2.33 bits per heavy atom. The Kier molecular flexibility index (Phi) is 8.33. The van der Waals surface area contributed by atoms with Crippen molar-refractivity contribution in [2.45, 2.75) is 25.8 Å². The standard InChI is InChI=1S/C22H24BrN3O3S/c23-17-7-3-9-19(11-17)25-21(28)14-30-13-20(27)24-12-15-4-1-8-18(10-15)26-22(29)16-5-2-6-16/h1,3-4,7-11,16H,2,5-6,12-14H2,(H,24,27)(H,25,28)(H,26,29). The summed E-state index contributed by atoms with van der Waals surface area (Å²) in [4.78, 5) is 36.1. The summed E-state index contributed by atoms with van der Waals surface area (Å²) in [5.41, 5.74) is 2.37. The predicted octanol–water partition coefficient (Wildman–Crippen LogP) is 4.18. The largest absolute Gasteiger partial charge is 0.351 e. The van der Waals surface area contributed by atoms with Gasteiger partial charge in [0, 0.05) is 28.3 Å². The summed E-state index contributed by atoms with van der Waals surface area (Å²) in [5.74, 6) is 0.304. The van der Waals surface area contributed by atoms with Gasteiger partial charge in [0.05, 0.1) is 11.5 Å². The van der Waals surface area contributed by atoms with Gasteiger partial charge in [-0.1, -0.05) is 40.5 Å². The number of halogens is 1. The Balaban J connectivity index is 1.35. The molecule has 3 rings (SSSR count). The molecule has 0 aliphatic heterocycles. The molecule has 2 aromatic rings. The SMILES string of the molecule is O=C(CSCC(=O)Nc1cccc(Br)c1)NCc1cccc(NC(=O)C2CCC2)c1. The monoisotopic (exact) mass is 489 g/mol. The molecular formula is C22H24BrN3O3S. The Labute approximate surface area is 188 Å². The highest BCUT2D eigenvalue weighted by Gasteiger charge is 2.25. The number of anilines is 2. The molecule has 8 heteroatoms. The Morgan fingerprint density at radius 2 is 1.63 bits per heavy atom. The molecule has 0 saturated heterocycles. The first-order valence-electron chi connectivity index (χ1n) is 9.79. The zero-order valence-corrected chi connectivity index (χ0v) is 18.9. The molecule has 1 fully saturated rings. The van der Waals surface area contributed by atoms with Crippen LogP contribution in [0.2, 0.25) is 0 Å². The van der Waals surface area contributed by atoms with Gasteiger partial charge in [-0.15, -0.1) is 11.8 Å². The third kappa shape index (κ3) is 7.18. The van der Waals surface area contributed by atoms with Gasteiger partial charge < -0.3 is 16.0 Å². The molecule has 30 heavy (non-hydrogen) atoms. The van der Waals surface area contributed by atoms with Crippen LogP contribution in [0, 0.1) is 5.92 Å². The van der Waals surface area contributed by atoms with E-state index < -0.39 is 0 Å².